The standard InChI is InChI=1S/C13H22N4O2S/c1-10(2)13-15-8-11-4-6-17(9-12(11)16-13)5-3-7-20(14,18)19/h8,10H,3-7,9H2,1-2H3,(H2,14,18,19). The summed E-state index contributed by atoms with van der Waals surface area (Å²) in [5.41, 5.74) is 2.28. The van der Waals surface area contributed by atoms with Crippen LogP contribution in [0.3, 0.4) is 0 Å². The van der Waals surface area contributed by atoms with Gasteiger partial charge in [-0.3, -0.25) is 4.90 Å². The van der Waals surface area contributed by atoms with Crippen LogP contribution in [-0.2, 0) is 23.0 Å². The van der Waals surface area contributed by atoms with Gasteiger partial charge in [-0.2, -0.15) is 0 Å². The highest BCUT2D eigenvalue weighted by Crippen LogP contribution is 2.19. The Bertz CT molecular complexity index is 572. The smallest absolute Gasteiger partial charge is 0.209 e. The molecule has 7 heteroatoms. The highest BCUT2D eigenvalue weighted by atomic mass is 32.2. The number of rotatable bonds is 5. The summed E-state index contributed by atoms with van der Waals surface area (Å²) >= 11 is 0. The van der Waals surface area contributed by atoms with Crippen LogP contribution < -0.4 is 5.14 Å². The van der Waals surface area contributed by atoms with E-state index in [1.165, 1.54) is 5.56 Å². The molecule has 112 valence electrons. The van der Waals surface area contributed by atoms with Crippen molar-refractivity contribution in [3.8, 4) is 0 Å². The summed E-state index contributed by atoms with van der Waals surface area (Å²) in [5.74, 6) is 1.23. The first kappa shape index (κ1) is 15.3. The van der Waals surface area contributed by atoms with Crippen LogP contribution in [0.1, 0.15) is 43.3 Å². The summed E-state index contributed by atoms with van der Waals surface area (Å²) in [6, 6.07) is 0. The van der Waals surface area contributed by atoms with Gasteiger partial charge < -0.3 is 0 Å². The van der Waals surface area contributed by atoms with Crippen molar-refractivity contribution >= 4 is 10.0 Å². The van der Waals surface area contributed by atoms with Crippen LogP contribution in [0.15, 0.2) is 6.20 Å². The Kier molecular flexibility index (Phi) is 4.72. The van der Waals surface area contributed by atoms with Crippen LogP contribution in [0.5, 0.6) is 0 Å². The monoisotopic (exact) mass is 298 g/mol. The summed E-state index contributed by atoms with van der Waals surface area (Å²) in [5, 5.41) is 5.01. The van der Waals surface area contributed by atoms with Crippen molar-refractivity contribution < 1.29 is 8.42 Å². The predicted octanol–water partition coefficient (Wildman–Crippen LogP) is 0.637. The van der Waals surface area contributed by atoms with Crippen molar-refractivity contribution in [1.82, 2.24) is 14.9 Å². The van der Waals surface area contributed by atoms with Crippen LogP contribution in [0.2, 0.25) is 0 Å². The molecule has 1 aliphatic heterocycles. The zero-order valence-corrected chi connectivity index (χ0v) is 12.9. The lowest BCUT2D eigenvalue weighted by molar-refractivity contribution is 0.250. The highest BCUT2D eigenvalue weighted by Gasteiger charge is 2.19. The highest BCUT2D eigenvalue weighted by molar-refractivity contribution is 7.89. The van der Waals surface area contributed by atoms with Gasteiger partial charge in [-0.15, -0.1) is 0 Å². The maximum atomic E-state index is 10.9. The molecule has 1 aliphatic rings. The van der Waals surface area contributed by atoms with Gasteiger partial charge in [0.05, 0.1) is 11.4 Å². The lowest BCUT2D eigenvalue weighted by Crippen LogP contribution is -2.33. The third-order valence-electron chi connectivity index (χ3n) is 3.46. The SMILES string of the molecule is CC(C)c1ncc2c(n1)CN(CCCS(N)(=O)=O)CC2. The maximum absolute atomic E-state index is 10.9. The summed E-state index contributed by atoms with van der Waals surface area (Å²) in [4.78, 5) is 11.2. The molecule has 0 aromatic carbocycles. The van der Waals surface area contributed by atoms with E-state index in [0.29, 0.717) is 12.3 Å². The molecule has 0 aliphatic carbocycles. The topological polar surface area (TPSA) is 89.2 Å². The fraction of sp³-hybridized carbons (Fsp3) is 0.692. The lowest BCUT2D eigenvalue weighted by atomic mass is 10.1. The Morgan fingerprint density at radius 2 is 2.20 bits per heavy atom. The third kappa shape index (κ3) is 4.22. The molecule has 0 fully saturated rings. The largest absolute Gasteiger partial charge is 0.297 e. The van der Waals surface area contributed by atoms with E-state index in [9.17, 15) is 8.42 Å². The molecule has 1 aromatic heterocycles. The molecule has 2 N–H and O–H groups in total. The number of fused-ring (bicyclic) bond motifs is 1. The third-order valence-corrected chi connectivity index (χ3v) is 4.32. The van der Waals surface area contributed by atoms with E-state index in [1.54, 1.807) is 0 Å². The quantitative estimate of drug-likeness (QED) is 0.861. The predicted molar refractivity (Wildman–Crippen MR) is 77.7 cm³/mol. The van der Waals surface area contributed by atoms with Gasteiger partial charge in [0.15, 0.2) is 0 Å². The van der Waals surface area contributed by atoms with E-state index < -0.39 is 10.0 Å². The van der Waals surface area contributed by atoms with Crippen molar-refractivity contribution in [2.75, 3.05) is 18.8 Å². The molecule has 0 radical (unpaired) electrons. The van der Waals surface area contributed by atoms with E-state index in [-0.39, 0.29) is 5.75 Å². The molecule has 0 saturated heterocycles. The van der Waals surface area contributed by atoms with E-state index in [0.717, 1.165) is 37.6 Å². The van der Waals surface area contributed by atoms with Crippen LogP contribution in [0.25, 0.3) is 0 Å². The fourth-order valence-corrected chi connectivity index (χ4v) is 2.86. The van der Waals surface area contributed by atoms with Crippen molar-refractivity contribution in [3.63, 3.8) is 0 Å². The van der Waals surface area contributed by atoms with Crippen LogP contribution >= 0.6 is 0 Å². The molecular weight excluding hydrogens is 276 g/mol. The average molecular weight is 298 g/mol. The minimum absolute atomic E-state index is 0.0391. The van der Waals surface area contributed by atoms with Gasteiger partial charge >= 0.3 is 0 Å². The second kappa shape index (κ2) is 6.15. The molecule has 0 amide bonds. The molecular formula is C13H22N4O2S. The molecule has 0 bridgehead atoms. The van der Waals surface area contributed by atoms with Gasteiger partial charge in [0, 0.05) is 25.2 Å². The Hall–Kier alpha value is -1.05. The Morgan fingerprint density at radius 1 is 1.45 bits per heavy atom. The molecule has 2 rings (SSSR count). The van der Waals surface area contributed by atoms with Gasteiger partial charge in [-0.05, 0) is 24.9 Å². The molecule has 20 heavy (non-hydrogen) atoms. The molecule has 0 atom stereocenters. The first-order chi connectivity index (χ1) is 9.35. The molecule has 1 aromatic rings. The van der Waals surface area contributed by atoms with Crippen LogP contribution in [0.4, 0.5) is 0 Å². The minimum Gasteiger partial charge on any atom is -0.297 e. The number of primary sulfonamides is 1. The first-order valence-corrected chi connectivity index (χ1v) is 8.64. The van der Waals surface area contributed by atoms with Crippen molar-refractivity contribution in [3.05, 3.63) is 23.3 Å². The first-order valence-electron chi connectivity index (χ1n) is 6.92. The Balaban J connectivity index is 1.97. The fourth-order valence-electron chi connectivity index (χ4n) is 2.33. The van der Waals surface area contributed by atoms with Crippen LogP contribution in [-0.4, -0.2) is 42.1 Å². The molecule has 2 heterocycles. The number of sulfonamides is 1. The summed E-state index contributed by atoms with van der Waals surface area (Å²) in [6.07, 6.45) is 3.42. The van der Waals surface area contributed by atoms with E-state index in [2.05, 4.69) is 28.7 Å². The zero-order chi connectivity index (χ0) is 14.8. The van der Waals surface area contributed by atoms with E-state index in [1.807, 2.05) is 6.20 Å². The van der Waals surface area contributed by atoms with Gasteiger partial charge in [0.1, 0.15) is 5.82 Å². The lowest BCUT2D eigenvalue weighted by Gasteiger charge is -2.28. The number of aromatic nitrogens is 2. The summed E-state index contributed by atoms with van der Waals surface area (Å²) < 4.78 is 21.9. The Labute approximate surface area is 120 Å². The van der Waals surface area contributed by atoms with E-state index >= 15 is 0 Å². The van der Waals surface area contributed by atoms with Gasteiger partial charge in [-0.25, -0.2) is 23.5 Å². The number of hydrogen-bond acceptors (Lipinski definition) is 5. The van der Waals surface area contributed by atoms with Gasteiger partial charge in [0.2, 0.25) is 10.0 Å². The molecule has 0 saturated carbocycles. The molecule has 6 nitrogen and oxygen atoms in total. The van der Waals surface area contributed by atoms with Gasteiger partial charge in [0.25, 0.3) is 0 Å². The Morgan fingerprint density at radius 3 is 2.85 bits per heavy atom. The number of nitrogens with zero attached hydrogens (tertiary/aromatic N) is 3. The second-order valence-corrected chi connectivity index (χ2v) is 7.34. The summed E-state index contributed by atoms with van der Waals surface area (Å²) in [7, 11) is -3.36. The zero-order valence-electron chi connectivity index (χ0n) is 12.0. The number of hydrogen-bond donors (Lipinski definition) is 1. The van der Waals surface area contributed by atoms with Crippen molar-refractivity contribution in [1.29, 1.82) is 0 Å². The van der Waals surface area contributed by atoms with Crippen LogP contribution in [0, 0.1) is 0 Å². The summed E-state index contributed by atoms with van der Waals surface area (Å²) in [6.45, 7) is 6.57. The molecule has 0 unspecified atom stereocenters. The molecule has 0 spiro atoms. The second-order valence-electron chi connectivity index (χ2n) is 5.60. The average Bonchev–Trinajstić information content (AvgIpc) is 2.36. The number of nitrogens with two attached hydrogens (primary N) is 1. The minimum atomic E-state index is -3.36. The maximum Gasteiger partial charge on any atom is 0.209 e. The normalized spacial score (nSPS) is 16.4. The van der Waals surface area contributed by atoms with Crippen molar-refractivity contribution in [2.24, 2.45) is 5.14 Å². The van der Waals surface area contributed by atoms with E-state index in [4.69, 9.17) is 5.14 Å². The van der Waals surface area contributed by atoms with Crippen molar-refractivity contribution in [2.45, 2.75) is 39.2 Å². The van der Waals surface area contributed by atoms with Gasteiger partial charge in [-0.1, -0.05) is 13.8 Å².